The minimum Gasteiger partial charge on any atom is -0.319 e. The summed E-state index contributed by atoms with van der Waals surface area (Å²) in [5.41, 5.74) is 1.40. The van der Waals surface area contributed by atoms with E-state index in [0.29, 0.717) is 28.0 Å². The maximum atomic E-state index is 13.2. The Kier molecular flexibility index (Phi) is 5.40. The van der Waals surface area contributed by atoms with E-state index in [1.165, 1.54) is 18.5 Å². The Balaban J connectivity index is 1.55. The van der Waals surface area contributed by atoms with Gasteiger partial charge < -0.3 is 5.32 Å². The first-order chi connectivity index (χ1) is 14.3. The van der Waals surface area contributed by atoms with E-state index in [4.69, 9.17) is 23.2 Å². The summed E-state index contributed by atoms with van der Waals surface area (Å²) in [5, 5.41) is 11.8. The number of aromatic nitrogens is 5. The molecule has 0 bridgehead atoms. The zero-order chi connectivity index (χ0) is 21.4. The van der Waals surface area contributed by atoms with Gasteiger partial charge in [0.1, 0.15) is 11.3 Å². The van der Waals surface area contributed by atoms with Crippen LogP contribution in [0.15, 0.2) is 42.9 Å². The fraction of sp³-hybridized carbons (Fsp3) is 0.158. The second-order valence-corrected chi connectivity index (χ2v) is 7.38. The molecular formula is C19H14Cl2F2N6O. The lowest BCUT2D eigenvalue weighted by Crippen LogP contribution is -2.12. The van der Waals surface area contributed by atoms with Crippen molar-refractivity contribution in [1.29, 1.82) is 0 Å². The highest BCUT2D eigenvalue weighted by Gasteiger charge is 2.20. The molecule has 0 saturated heterocycles. The molecule has 4 rings (SSSR count). The highest BCUT2D eigenvalue weighted by Crippen LogP contribution is 2.23. The predicted octanol–water partition coefficient (Wildman–Crippen LogP) is 4.78. The van der Waals surface area contributed by atoms with E-state index >= 15 is 0 Å². The molecule has 0 spiro atoms. The molecule has 1 N–H and O–H groups in total. The molecule has 4 aromatic rings. The number of carbonyl (C=O) groups is 1. The number of hydrogen-bond acceptors (Lipinski definition) is 4. The van der Waals surface area contributed by atoms with Crippen LogP contribution in [0.1, 0.15) is 33.7 Å². The van der Waals surface area contributed by atoms with Gasteiger partial charge in [0.05, 0.1) is 24.6 Å². The minimum absolute atomic E-state index is 0.0585. The number of rotatable bonds is 5. The standard InChI is InChI=1S/C19H14Cl2F2N6O/c1-10-4-16(17(22)23)29-18(26-10)14(7-25-29)19(30)27-13-6-24-28(9-13)8-11-2-3-12(20)5-15(11)21/h2-7,9,17H,8H2,1H3,(H,27,30). The summed E-state index contributed by atoms with van der Waals surface area (Å²) in [6, 6.07) is 6.39. The summed E-state index contributed by atoms with van der Waals surface area (Å²) in [6.45, 7) is 1.95. The highest BCUT2D eigenvalue weighted by atomic mass is 35.5. The maximum absolute atomic E-state index is 13.2. The number of alkyl halides is 2. The highest BCUT2D eigenvalue weighted by molar-refractivity contribution is 6.35. The van der Waals surface area contributed by atoms with Crippen molar-refractivity contribution < 1.29 is 13.6 Å². The largest absolute Gasteiger partial charge is 0.319 e. The first-order valence-corrected chi connectivity index (χ1v) is 9.48. The first kappa shape index (κ1) is 20.2. The zero-order valence-electron chi connectivity index (χ0n) is 15.5. The topological polar surface area (TPSA) is 77.1 Å². The molecule has 154 valence electrons. The number of hydrogen-bond donors (Lipinski definition) is 1. The molecular weight excluding hydrogens is 437 g/mol. The van der Waals surface area contributed by atoms with Crippen molar-refractivity contribution >= 4 is 40.4 Å². The van der Waals surface area contributed by atoms with Crippen molar-refractivity contribution in [2.24, 2.45) is 0 Å². The van der Waals surface area contributed by atoms with Gasteiger partial charge in [-0.3, -0.25) is 9.48 Å². The number of carbonyl (C=O) groups excluding carboxylic acids is 1. The van der Waals surface area contributed by atoms with Gasteiger partial charge in [0.15, 0.2) is 5.65 Å². The van der Waals surface area contributed by atoms with Crippen LogP contribution < -0.4 is 5.32 Å². The number of fused-ring (bicyclic) bond motifs is 1. The molecule has 0 aliphatic rings. The number of aryl methyl sites for hydroxylation is 1. The summed E-state index contributed by atoms with van der Waals surface area (Å²) in [7, 11) is 0. The van der Waals surface area contributed by atoms with E-state index in [1.54, 1.807) is 36.0 Å². The molecule has 0 saturated carbocycles. The van der Waals surface area contributed by atoms with Crippen LogP contribution in [0, 0.1) is 6.92 Å². The van der Waals surface area contributed by atoms with Crippen LogP contribution >= 0.6 is 23.2 Å². The Bertz CT molecular complexity index is 1250. The third kappa shape index (κ3) is 3.99. The van der Waals surface area contributed by atoms with Gasteiger partial charge in [-0.05, 0) is 30.7 Å². The third-order valence-corrected chi connectivity index (χ3v) is 4.92. The van der Waals surface area contributed by atoms with Crippen LogP contribution in [-0.4, -0.2) is 30.3 Å². The number of benzene rings is 1. The van der Waals surface area contributed by atoms with E-state index in [0.717, 1.165) is 10.1 Å². The minimum atomic E-state index is -2.75. The molecule has 1 aromatic carbocycles. The van der Waals surface area contributed by atoms with E-state index in [1.807, 2.05) is 0 Å². The second-order valence-electron chi connectivity index (χ2n) is 6.53. The predicted molar refractivity (Wildman–Crippen MR) is 108 cm³/mol. The number of anilines is 1. The smallest absolute Gasteiger partial charge is 0.280 e. The van der Waals surface area contributed by atoms with Crippen molar-refractivity contribution in [1.82, 2.24) is 24.4 Å². The maximum Gasteiger partial charge on any atom is 0.280 e. The lowest BCUT2D eigenvalue weighted by atomic mass is 10.2. The van der Waals surface area contributed by atoms with Crippen LogP contribution in [0.3, 0.4) is 0 Å². The Morgan fingerprint density at radius 2 is 2.00 bits per heavy atom. The van der Waals surface area contributed by atoms with Crippen LogP contribution in [0.2, 0.25) is 10.0 Å². The molecule has 0 atom stereocenters. The molecule has 0 aliphatic heterocycles. The van der Waals surface area contributed by atoms with Crippen LogP contribution in [-0.2, 0) is 6.54 Å². The van der Waals surface area contributed by atoms with Gasteiger partial charge in [-0.15, -0.1) is 0 Å². The molecule has 30 heavy (non-hydrogen) atoms. The van der Waals surface area contributed by atoms with Gasteiger partial charge in [0.2, 0.25) is 0 Å². The van der Waals surface area contributed by atoms with Crippen molar-refractivity contribution in [3.63, 3.8) is 0 Å². The fourth-order valence-electron chi connectivity index (χ4n) is 2.97. The third-order valence-electron chi connectivity index (χ3n) is 4.33. The number of nitrogens with zero attached hydrogens (tertiary/aromatic N) is 5. The Morgan fingerprint density at radius 1 is 1.20 bits per heavy atom. The van der Waals surface area contributed by atoms with Gasteiger partial charge >= 0.3 is 0 Å². The van der Waals surface area contributed by atoms with Crippen LogP contribution in [0.4, 0.5) is 14.5 Å². The molecule has 11 heteroatoms. The Labute approximate surface area is 179 Å². The normalized spacial score (nSPS) is 11.4. The van der Waals surface area contributed by atoms with Crippen molar-refractivity contribution in [2.75, 3.05) is 5.32 Å². The summed E-state index contributed by atoms with van der Waals surface area (Å²) in [4.78, 5) is 16.9. The molecule has 0 unspecified atom stereocenters. The van der Waals surface area contributed by atoms with E-state index < -0.39 is 12.3 Å². The summed E-state index contributed by atoms with van der Waals surface area (Å²) < 4.78 is 29.1. The van der Waals surface area contributed by atoms with Crippen molar-refractivity contribution in [3.8, 4) is 0 Å². The molecule has 0 fully saturated rings. The van der Waals surface area contributed by atoms with Gasteiger partial charge in [0.25, 0.3) is 12.3 Å². The summed E-state index contributed by atoms with van der Waals surface area (Å²) in [6.07, 6.45) is 1.55. The van der Waals surface area contributed by atoms with Gasteiger partial charge in [-0.25, -0.2) is 18.3 Å². The molecule has 0 aliphatic carbocycles. The van der Waals surface area contributed by atoms with Crippen LogP contribution in [0.5, 0.6) is 0 Å². The molecule has 3 heterocycles. The van der Waals surface area contributed by atoms with Crippen LogP contribution in [0.25, 0.3) is 5.65 Å². The first-order valence-electron chi connectivity index (χ1n) is 8.73. The van der Waals surface area contributed by atoms with Gasteiger partial charge in [-0.2, -0.15) is 10.2 Å². The quantitative estimate of drug-likeness (QED) is 0.474. The van der Waals surface area contributed by atoms with Gasteiger partial charge in [-0.1, -0.05) is 29.3 Å². The number of halogens is 4. The molecule has 7 nitrogen and oxygen atoms in total. The Morgan fingerprint density at radius 3 is 2.73 bits per heavy atom. The van der Waals surface area contributed by atoms with Crippen molar-refractivity contribution in [3.05, 3.63) is 75.4 Å². The molecule has 3 aromatic heterocycles. The SMILES string of the molecule is Cc1cc(C(F)F)n2ncc(C(=O)Nc3cnn(Cc4ccc(Cl)cc4Cl)c3)c2n1. The monoisotopic (exact) mass is 450 g/mol. The van der Waals surface area contributed by atoms with Gasteiger partial charge in [0, 0.05) is 21.9 Å². The summed E-state index contributed by atoms with van der Waals surface area (Å²) in [5.74, 6) is -0.535. The summed E-state index contributed by atoms with van der Waals surface area (Å²) >= 11 is 12.1. The van der Waals surface area contributed by atoms with E-state index in [9.17, 15) is 13.6 Å². The lowest BCUT2D eigenvalue weighted by molar-refractivity contribution is 0.102. The lowest BCUT2D eigenvalue weighted by Gasteiger charge is -2.06. The zero-order valence-corrected chi connectivity index (χ0v) is 17.0. The average Bonchev–Trinajstić information content (AvgIpc) is 3.30. The van der Waals surface area contributed by atoms with Crippen molar-refractivity contribution in [2.45, 2.75) is 19.9 Å². The average molecular weight is 451 g/mol. The fourth-order valence-corrected chi connectivity index (χ4v) is 3.43. The molecule has 1 amide bonds. The Hall–Kier alpha value is -3.04. The van der Waals surface area contributed by atoms with E-state index in [-0.39, 0.29) is 16.9 Å². The molecule has 0 radical (unpaired) electrons. The van der Waals surface area contributed by atoms with E-state index in [2.05, 4.69) is 20.5 Å². The second kappa shape index (κ2) is 8.00. The number of amides is 1. The number of nitrogens with one attached hydrogen (secondary N) is 1.